The van der Waals surface area contributed by atoms with Crippen molar-refractivity contribution in [3.63, 3.8) is 0 Å². The van der Waals surface area contributed by atoms with Crippen LogP contribution >= 0.6 is 0 Å². The molecule has 1 aromatic carbocycles. The largest absolute Gasteiger partial charge is 0.317 e. The fourth-order valence-electron chi connectivity index (χ4n) is 3.62. The monoisotopic (exact) mass is 288 g/mol. The van der Waals surface area contributed by atoms with Crippen molar-refractivity contribution in [2.45, 2.75) is 53.1 Å². The van der Waals surface area contributed by atoms with Crippen LogP contribution in [0.25, 0.3) is 0 Å². The minimum atomic E-state index is 0.697. The van der Waals surface area contributed by atoms with Crippen LogP contribution in [0.4, 0.5) is 0 Å². The standard InChI is InChI=1S/C19H32N2/c1-5-20-11-10-18-8-6-7-9-19(18)14-21-13-15(2)12-16(3)17(21)4/h6-9,15-17,20H,5,10-14H2,1-4H3. The smallest absolute Gasteiger partial charge is 0.0239 e. The van der Waals surface area contributed by atoms with Gasteiger partial charge in [-0.3, -0.25) is 4.90 Å². The van der Waals surface area contributed by atoms with Gasteiger partial charge in [0.1, 0.15) is 0 Å². The Kier molecular flexibility index (Phi) is 6.25. The lowest BCUT2D eigenvalue weighted by atomic mass is 9.85. The third-order valence-electron chi connectivity index (χ3n) is 5.03. The average Bonchev–Trinajstić information content (AvgIpc) is 2.46. The molecule has 2 heteroatoms. The van der Waals surface area contributed by atoms with Crippen molar-refractivity contribution in [3.8, 4) is 0 Å². The fraction of sp³-hybridized carbons (Fsp3) is 0.684. The molecule has 1 aromatic rings. The zero-order valence-electron chi connectivity index (χ0n) is 14.2. The number of benzene rings is 1. The van der Waals surface area contributed by atoms with Gasteiger partial charge in [-0.25, -0.2) is 0 Å². The van der Waals surface area contributed by atoms with Crippen molar-refractivity contribution in [1.29, 1.82) is 0 Å². The number of nitrogens with zero attached hydrogens (tertiary/aromatic N) is 1. The van der Waals surface area contributed by atoms with Crippen LogP contribution in [-0.2, 0) is 13.0 Å². The Balaban J connectivity index is 2.04. The number of hydrogen-bond donors (Lipinski definition) is 1. The van der Waals surface area contributed by atoms with Gasteiger partial charge >= 0.3 is 0 Å². The average molecular weight is 288 g/mol. The van der Waals surface area contributed by atoms with Gasteiger partial charge in [-0.15, -0.1) is 0 Å². The molecule has 0 radical (unpaired) electrons. The summed E-state index contributed by atoms with van der Waals surface area (Å²) in [5.74, 6) is 1.63. The maximum atomic E-state index is 3.44. The normalized spacial score (nSPS) is 27.0. The van der Waals surface area contributed by atoms with Crippen LogP contribution in [-0.4, -0.2) is 30.6 Å². The summed E-state index contributed by atoms with van der Waals surface area (Å²) < 4.78 is 0. The van der Waals surface area contributed by atoms with Crippen molar-refractivity contribution >= 4 is 0 Å². The van der Waals surface area contributed by atoms with Gasteiger partial charge in [-0.05, 0) is 55.8 Å². The summed E-state index contributed by atoms with van der Waals surface area (Å²) in [5.41, 5.74) is 3.03. The second-order valence-electron chi connectivity index (χ2n) is 6.86. The SMILES string of the molecule is CCNCCc1ccccc1CN1CC(C)CC(C)C1C. The topological polar surface area (TPSA) is 15.3 Å². The van der Waals surface area contributed by atoms with E-state index < -0.39 is 0 Å². The summed E-state index contributed by atoms with van der Waals surface area (Å²) in [4.78, 5) is 2.69. The van der Waals surface area contributed by atoms with E-state index in [1.807, 2.05) is 0 Å². The van der Waals surface area contributed by atoms with E-state index in [1.54, 1.807) is 0 Å². The first kappa shape index (κ1) is 16.5. The summed E-state index contributed by atoms with van der Waals surface area (Å²) in [6.45, 7) is 13.9. The molecule has 1 N–H and O–H groups in total. The van der Waals surface area contributed by atoms with Crippen LogP contribution in [0, 0.1) is 11.8 Å². The van der Waals surface area contributed by atoms with E-state index in [-0.39, 0.29) is 0 Å². The number of piperidine rings is 1. The zero-order chi connectivity index (χ0) is 15.2. The first-order valence-corrected chi connectivity index (χ1v) is 8.63. The minimum Gasteiger partial charge on any atom is -0.317 e. The van der Waals surface area contributed by atoms with E-state index in [0.717, 1.165) is 37.9 Å². The van der Waals surface area contributed by atoms with Crippen molar-refractivity contribution < 1.29 is 0 Å². The molecule has 0 spiro atoms. The molecule has 1 aliphatic rings. The highest BCUT2D eigenvalue weighted by Gasteiger charge is 2.28. The lowest BCUT2D eigenvalue weighted by Crippen LogP contribution is -2.45. The van der Waals surface area contributed by atoms with Crippen molar-refractivity contribution in [1.82, 2.24) is 10.2 Å². The fourth-order valence-corrected chi connectivity index (χ4v) is 3.62. The second kappa shape index (κ2) is 7.95. The molecule has 2 rings (SSSR count). The summed E-state index contributed by atoms with van der Waals surface area (Å²) >= 11 is 0. The number of likely N-dealkylation sites (tertiary alicyclic amines) is 1. The molecule has 3 atom stereocenters. The summed E-state index contributed by atoms with van der Waals surface area (Å²) in [6, 6.07) is 9.68. The molecule has 0 saturated carbocycles. The number of likely N-dealkylation sites (N-methyl/N-ethyl adjacent to an activating group) is 1. The maximum Gasteiger partial charge on any atom is 0.0239 e. The summed E-state index contributed by atoms with van der Waals surface area (Å²) in [5, 5.41) is 3.44. The van der Waals surface area contributed by atoms with Crippen molar-refractivity contribution in [3.05, 3.63) is 35.4 Å². The van der Waals surface area contributed by atoms with Gasteiger partial charge in [-0.2, -0.15) is 0 Å². The third kappa shape index (κ3) is 4.55. The van der Waals surface area contributed by atoms with Crippen molar-refractivity contribution in [2.75, 3.05) is 19.6 Å². The van der Waals surface area contributed by atoms with Crippen LogP contribution in [0.3, 0.4) is 0 Å². The molecular weight excluding hydrogens is 256 g/mol. The quantitative estimate of drug-likeness (QED) is 0.803. The van der Waals surface area contributed by atoms with Crippen molar-refractivity contribution in [2.24, 2.45) is 11.8 Å². The van der Waals surface area contributed by atoms with E-state index in [9.17, 15) is 0 Å². The Hall–Kier alpha value is -0.860. The molecule has 1 fully saturated rings. The van der Waals surface area contributed by atoms with Gasteiger partial charge in [0, 0.05) is 19.1 Å². The second-order valence-corrected chi connectivity index (χ2v) is 6.86. The van der Waals surface area contributed by atoms with Crippen LogP contribution in [0.1, 0.15) is 45.2 Å². The first-order valence-electron chi connectivity index (χ1n) is 8.63. The Morgan fingerprint density at radius 2 is 1.86 bits per heavy atom. The predicted molar refractivity (Wildman–Crippen MR) is 91.5 cm³/mol. The van der Waals surface area contributed by atoms with E-state index >= 15 is 0 Å². The highest BCUT2D eigenvalue weighted by molar-refractivity contribution is 5.27. The Bertz CT molecular complexity index is 429. The van der Waals surface area contributed by atoms with Crippen LogP contribution < -0.4 is 5.32 Å². The summed E-state index contributed by atoms with van der Waals surface area (Å²) in [6.07, 6.45) is 2.51. The van der Waals surface area contributed by atoms with E-state index in [4.69, 9.17) is 0 Å². The molecule has 1 saturated heterocycles. The molecular formula is C19H32N2. The molecule has 21 heavy (non-hydrogen) atoms. The van der Waals surface area contributed by atoms with Gasteiger partial charge in [0.2, 0.25) is 0 Å². The molecule has 0 aromatic heterocycles. The molecule has 0 aliphatic carbocycles. The number of hydrogen-bond acceptors (Lipinski definition) is 2. The Morgan fingerprint density at radius 1 is 1.14 bits per heavy atom. The van der Waals surface area contributed by atoms with Gasteiger partial charge in [0.05, 0.1) is 0 Å². The van der Waals surface area contributed by atoms with Crippen LogP contribution in [0.15, 0.2) is 24.3 Å². The first-order chi connectivity index (χ1) is 10.1. The Labute approximate surface area is 130 Å². The lowest BCUT2D eigenvalue weighted by molar-refractivity contribution is 0.0727. The zero-order valence-corrected chi connectivity index (χ0v) is 14.2. The van der Waals surface area contributed by atoms with E-state index in [0.29, 0.717) is 6.04 Å². The molecule has 2 nitrogen and oxygen atoms in total. The van der Waals surface area contributed by atoms with Crippen LogP contribution in [0.2, 0.25) is 0 Å². The maximum absolute atomic E-state index is 3.44. The lowest BCUT2D eigenvalue weighted by Gasteiger charge is -2.41. The molecule has 1 aliphatic heterocycles. The van der Waals surface area contributed by atoms with E-state index in [2.05, 4.69) is 62.2 Å². The van der Waals surface area contributed by atoms with Gasteiger partial charge < -0.3 is 5.32 Å². The third-order valence-corrected chi connectivity index (χ3v) is 5.03. The van der Waals surface area contributed by atoms with Gasteiger partial charge in [-0.1, -0.05) is 45.0 Å². The number of rotatable bonds is 6. The Morgan fingerprint density at radius 3 is 2.57 bits per heavy atom. The van der Waals surface area contributed by atoms with Gasteiger partial charge in [0.25, 0.3) is 0 Å². The molecule has 118 valence electrons. The highest BCUT2D eigenvalue weighted by atomic mass is 15.2. The highest BCUT2D eigenvalue weighted by Crippen LogP contribution is 2.28. The number of nitrogens with one attached hydrogen (secondary N) is 1. The summed E-state index contributed by atoms with van der Waals surface area (Å²) in [7, 11) is 0. The minimum absolute atomic E-state index is 0.697. The molecule has 0 amide bonds. The van der Waals surface area contributed by atoms with E-state index in [1.165, 1.54) is 24.1 Å². The van der Waals surface area contributed by atoms with Gasteiger partial charge in [0.15, 0.2) is 0 Å². The molecule has 1 heterocycles. The molecule has 3 unspecified atom stereocenters. The predicted octanol–water partition coefficient (Wildman–Crippen LogP) is 3.71. The van der Waals surface area contributed by atoms with Crippen LogP contribution in [0.5, 0.6) is 0 Å². The molecule has 0 bridgehead atoms.